The fourth-order valence-electron chi connectivity index (χ4n) is 3.98. The van der Waals surface area contributed by atoms with Crippen LogP contribution in [0, 0.1) is 23.2 Å². The van der Waals surface area contributed by atoms with E-state index in [0.29, 0.717) is 37.4 Å². The Labute approximate surface area is 126 Å². The van der Waals surface area contributed by atoms with Crippen molar-refractivity contribution in [1.29, 1.82) is 0 Å². The van der Waals surface area contributed by atoms with Crippen LogP contribution in [0.5, 0.6) is 0 Å². The van der Waals surface area contributed by atoms with E-state index in [-0.39, 0.29) is 18.4 Å². The lowest BCUT2D eigenvalue weighted by Gasteiger charge is -2.37. The number of carboxylic acids is 1. The van der Waals surface area contributed by atoms with Crippen molar-refractivity contribution in [3.05, 3.63) is 0 Å². The molecule has 5 nitrogen and oxygen atoms in total. The Morgan fingerprint density at radius 2 is 1.48 bits per heavy atom. The van der Waals surface area contributed by atoms with Gasteiger partial charge in [0.1, 0.15) is 5.78 Å². The van der Waals surface area contributed by atoms with E-state index < -0.39 is 11.4 Å². The predicted octanol–water partition coefficient (Wildman–Crippen LogP) is 1.54. The number of ketones is 1. The van der Waals surface area contributed by atoms with E-state index in [2.05, 4.69) is 0 Å². The molecule has 0 atom stereocenters. The van der Waals surface area contributed by atoms with E-state index in [9.17, 15) is 14.7 Å². The van der Waals surface area contributed by atoms with Crippen molar-refractivity contribution in [3.63, 3.8) is 0 Å². The zero-order chi connectivity index (χ0) is 15.5. The zero-order valence-electron chi connectivity index (χ0n) is 12.7. The van der Waals surface area contributed by atoms with Gasteiger partial charge < -0.3 is 16.6 Å². The Morgan fingerprint density at radius 1 is 0.952 bits per heavy atom. The molecule has 0 radical (unpaired) electrons. The smallest absolute Gasteiger partial charge is 0.310 e. The largest absolute Gasteiger partial charge is 0.481 e. The van der Waals surface area contributed by atoms with Gasteiger partial charge in [-0.15, -0.1) is 0 Å². The molecule has 2 rings (SSSR count). The predicted molar refractivity (Wildman–Crippen MR) is 80.6 cm³/mol. The van der Waals surface area contributed by atoms with Crippen LogP contribution in [0.15, 0.2) is 0 Å². The summed E-state index contributed by atoms with van der Waals surface area (Å²) < 4.78 is 0. The van der Waals surface area contributed by atoms with E-state index in [0.717, 1.165) is 32.2 Å². The van der Waals surface area contributed by atoms with E-state index in [4.69, 9.17) is 11.5 Å². The van der Waals surface area contributed by atoms with E-state index >= 15 is 0 Å². The minimum Gasteiger partial charge on any atom is -0.481 e. The maximum Gasteiger partial charge on any atom is 0.310 e. The molecule has 0 spiro atoms. The average Bonchev–Trinajstić information content (AvgIpc) is 2.54. The van der Waals surface area contributed by atoms with Crippen LogP contribution in [0.4, 0.5) is 0 Å². The van der Waals surface area contributed by atoms with Gasteiger partial charge in [-0.1, -0.05) is 0 Å². The molecule has 0 aromatic carbocycles. The number of aliphatic carboxylic acids is 1. The molecule has 120 valence electrons. The average molecular weight is 296 g/mol. The summed E-state index contributed by atoms with van der Waals surface area (Å²) in [7, 11) is 0. The standard InChI is InChI=1S/C16H28N2O3/c17-9-11-1-3-12(4-2-11)14(19)13-5-7-16(10-18,8-6-13)15(20)21/h11-13H,1-10,17-18H2,(H,20,21). The first kappa shape index (κ1) is 16.4. The first-order chi connectivity index (χ1) is 10.0. The third kappa shape index (κ3) is 3.46. The van der Waals surface area contributed by atoms with Crippen LogP contribution in [-0.4, -0.2) is 29.9 Å². The lowest BCUT2D eigenvalue weighted by Crippen LogP contribution is -2.43. The Hall–Kier alpha value is -0.940. The molecule has 0 saturated heterocycles. The van der Waals surface area contributed by atoms with Crippen molar-refractivity contribution in [3.8, 4) is 0 Å². The van der Waals surface area contributed by atoms with Crippen LogP contribution in [0.1, 0.15) is 51.4 Å². The van der Waals surface area contributed by atoms with Crippen LogP contribution in [-0.2, 0) is 9.59 Å². The van der Waals surface area contributed by atoms with Gasteiger partial charge in [0.2, 0.25) is 0 Å². The van der Waals surface area contributed by atoms with Crippen molar-refractivity contribution >= 4 is 11.8 Å². The fraction of sp³-hybridized carbons (Fsp3) is 0.875. The number of carboxylic acid groups (broad SMARTS) is 1. The summed E-state index contributed by atoms with van der Waals surface area (Å²) in [6.07, 6.45) is 6.46. The van der Waals surface area contributed by atoms with Crippen LogP contribution in [0.3, 0.4) is 0 Å². The van der Waals surface area contributed by atoms with Gasteiger partial charge in [0, 0.05) is 18.4 Å². The molecule has 2 aliphatic carbocycles. The minimum absolute atomic E-state index is 0.0449. The highest BCUT2D eigenvalue weighted by molar-refractivity contribution is 5.84. The second-order valence-corrected chi connectivity index (χ2v) is 6.92. The third-order valence-electron chi connectivity index (χ3n) is 5.77. The quantitative estimate of drug-likeness (QED) is 0.713. The molecular weight excluding hydrogens is 268 g/mol. The number of rotatable bonds is 5. The van der Waals surface area contributed by atoms with E-state index in [1.807, 2.05) is 0 Å². The molecular formula is C16H28N2O3. The monoisotopic (exact) mass is 296 g/mol. The first-order valence-corrected chi connectivity index (χ1v) is 8.19. The van der Waals surface area contributed by atoms with Gasteiger partial charge in [0.05, 0.1) is 5.41 Å². The number of nitrogens with two attached hydrogens (primary N) is 2. The summed E-state index contributed by atoms with van der Waals surface area (Å²) in [5.41, 5.74) is 10.5. The highest BCUT2D eigenvalue weighted by Crippen LogP contribution is 2.41. The Balaban J connectivity index is 1.87. The lowest BCUT2D eigenvalue weighted by molar-refractivity contribution is -0.152. The SMILES string of the molecule is NCC1CCC(C(=O)C2CCC(CN)(C(=O)O)CC2)CC1. The summed E-state index contributed by atoms with van der Waals surface area (Å²) in [6.45, 7) is 0.896. The van der Waals surface area contributed by atoms with Gasteiger partial charge in [-0.25, -0.2) is 0 Å². The number of hydrogen-bond acceptors (Lipinski definition) is 4. The number of carbonyl (C=O) groups is 2. The molecule has 0 aliphatic heterocycles. The third-order valence-corrected chi connectivity index (χ3v) is 5.77. The van der Waals surface area contributed by atoms with Crippen LogP contribution in [0.25, 0.3) is 0 Å². The Morgan fingerprint density at radius 3 is 1.90 bits per heavy atom. The molecule has 2 aliphatic rings. The highest BCUT2D eigenvalue weighted by Gasteiger charge is 2.43. The summed E-state index contributed by atoms with van der Waals surface area (Å²) in [4.78, 5) is 24.0. The van der Waals surface area contributed by atoms with Crippen molar-refractivity contribution in [2.75, 3.05) is 13.1 Å². The number of carbonyl (C=O) groups excluding carboxylic acids is 1. The molecule has 2 fully saturated rings. The molecule has 21 heavy (non-hydrogen) atoms. The number of hydrogen-bond donors (Lipinski definition) is 3. The molecule has 0 amide bonds. The molecule has 0 aromatic rings. The summed E-state index contributed by atoms with van der Waals surface area (Å²) >= 11 is 0. The second kappa shape index (κ2) is 6.88. The molecule has 5 N–H and O–H groups in total. The Bertz CT molecular complexity index is 381. The number of Topliss-reactive ketones (excluding diaryl/α,β-unsaturated/α-hetero) is 1. The van der Waals surface area contributed by atoms with Crippen molar-refractivity contribution < 1.29 is 14.7 Å². The summed E-state index contributed by atoms with van der Waals surface area (Å²) in [5.74, 6) is 0.356. The minimum atomic E-state index is -0.806. The van der Waals surface area contributed by atoms with Crippen molar-refractivity contribution in [2.45, 2.75) is 51.4 Å². The van der Waals surface area contributed by atoms with E-state index in [1.165, 1.54) is 0 Å². The molecule has 0 unspecified atom stereocenters. The van der Waals surface area contributed by atoms with Crippen molar-refractivity contribution in [2.24, 2.45) is 34.6 Å². The molecule has 0 bridgehead atoms. The van der Waals surface area contributed by atoms with Gasteiger partial charge in [-0.2, -0.15) is 0 Å². The van der Waals surface area contributed by atoms with Crippen LogP contribution >= 0.6 is 0 Å². The van der Waals surface area contributed by atoms with Gasteiger partial charge in [-0.05, 0) is 63.8 Å². The van der Waals surface area contributed by atoms with Gasteiger partial charge in [0.25, 0.3) is 0 Å². The highest BCUT2D eigenvalue weighted by atomic mass is 16.4. The maximum absolute atomic E-state index is 12.6. The Kier molecular flexibility index (Phi) is 5.38. The normalized spacial score (nSPS) is 37.1. The topological polar surface area (TPSA) is 106 Å². The van der Waals surface area contributed by atoms with Gasteiger partial charge >= 0.3 is 5.97 Å². The van der Waals surface area contributed by atoms with E-state index in [1.54, 1.807) is 0 Å². The second-order valence-electron chi connectivity index (χ2n) is 6.92. The molecule has 2 saturated carbocycles. The van der Waals surface area contributed by atoms with Crippen LogP contribution in [0.2, 0.25) is 0 Å². The van der Waals surface area contributed by atoms with Crippen molar-refractivity contribution in [1.82, 2.24) is 0 Å². The zero-order valence-corrected chi connectivity index (χ0v) is 12.7. The maximum atomic E-state index is 12.6. The molecule has 5 heteroatoms. The first-order valence-electron chi connectivity index (χ1n) is 8.19. The fourth-order valence-corrected chi connectivity index (χ4v) is 3.98. The lowest BCUT2D eigenvalue weighted by atomic mass is 9.67. The summed E-state index contributed by atoms with van der Waals surface area (Å²) in [5, 5.41) is 9.34. The molecule has 0 aromatic heterocycles. The summed E-state index contributed by atoms with van der Waals surface area (Å²) in [6, 6.07) is 0. The van der Waals surface area contributed by atoms with Gasteiger partial charge in [0.15, 0.2) is 0 Å². The van der Waals surface area contributed by atoms with Gasteiger partial charge in [-0.3, -0.25) is 9.59 Å². The van der Waals surface area contributed by atoms with Crippen LogP contribution < -0.4 is 11.5 Å². The molecule has 0 heterocycles.